The van der Waals surface area contributed by atoms with Crippen LogP contribution in [0.4, 0.5) is 0 Å². The van der Waals surface area contributed by atoms with Crippen molar-refractivity contribution in [1.29, 1.82) is 0 Å². The molecular formula is C16H17ClO2S. The molecule has 2 aromatic carbocycles. The van der Waals surface area contributed by atoms with E-state index >= 15 is 0 Å². The molecule has 0 aliphatic carbocycles. The van der Waals surface area contributed by atoms with Crippen molar-refractivity contribution < 1.29 is 9.47 Å². The normalized spacial score (nSPS) is 10.3. The zero-order valence-corrected chi connectivity index (χ0v) is 12.9. The Morgan fingerprint density at radius 2 is 1.85 bits per heavy atom. The molecule has 2 rings (SSSR count). The van der Waals surface area contributed by atoms with Gasteiger partial charge in [0.05, 0.1) is 19.6 Å². The maximum atomic E-state index is 5.93. The van der Waals surface area contributed by atoms with Crippen LogP contribution in [-0.2, 0) is 5.88 Å². The molecule has 0 atom stereocenters. The Bertz CT molecular complexity index is 509. The van der Waals surface area contributed by atoms with E-state index in [2.05, 4.69) is 12.1 Å². The minimum atomic E-state index is 0.415. The van der Waals surface area contributed by atoms with Crippen molar-refractivity contribution in [2.75, 3.05) is 19.5 Å². The molecule has 4 heteroatoms. The molecule has 2 aromatic rings. The second-order valence-electron chi connectivity index (χ2n) is 4.09. The molecule has 20 heavy (non-hydrogen) atoms. The van der Waals surface area contributed by atoms with Crippen molar-refractivity contribution >= 4 is 23.4 Å². The van der Waals surface area contributed by atoms with Gasteiger partial charge in [0.25, 0.3) is 0 Å². The zero-order chi connectivity index (χ0) is 14.2. The van der Waals surface area contributed by atoms with Crippen molar-refractivity contribution in [2.45, 2.75) is 10.8 Å². The van der Waals surface area contributed by atoms with E-state index < -0.39 is 0 Å². The third-order valence-electron chi connectivity index (χ3n) is 2.77. The minimum absolute atomic E-state index is 0.415. The molecule has 0 radical (unpaired) electrons. The highest BCUT2D eigenvalue weighted by Gasteiger charge is 2.09. The largest absolute Gasteiger partial charge is 0.493 e. The lowest BCUT2D eigenvalue weighted by molar-refractivity contribution is 0.311. The predicted octanol–water partition coefficient (Wildman–Crippen LogP) is 4.61. The van der Waals surface area contributed by atoms with E-state index in [0.717, 1.165) is 22.8 Å². The van der Waals surface area contributed by atoms with E-state index in [1.807, 2.05) is 36.4 Å². The summed E-state index contributed by atoms with van der Waals surface area (Å²) in [5, 5.41) is 0. The van der Waals surface area contributed by atoms with Gasteiger partial charge >= 0.3 is 0 Å². The third-order valence-corrected chi connectivity index (χ3v) is 4.03. The maximum Gasteiger partial charge on any atom is 0.165 e. The highest BCUT2D eigenvalue weighted by atomic mass is 35.5. The number of rotatable bonds is 7. The monoisotopic (exact) mass is 308 g/mol. The zero-order valence-electron chi connectivity index (χ0n) is 11.3. The lowest BCUT2D eigenvalue weighted by Gasteiger charge is -2.13. The minimum Gasteiger partial charge on any atom is -0.493 e. The molecule has 0 bridgehead atoms. The number of halogens is 1. The van der Waals surface area contributed by atoms with Crippen molar-refractivity contribution in [1.82, 2.24) is 0 Å². The Morgan fingerprint density at radius 1 is 1.05 bits per heavy atom. The number of hydrogen-bond acceptors (Lipinski definition) is 3. The summed E-state index contributed by atoms with van der Waals surface area (Å²) in [5.74, 6) is 2.77. The summed E-state index contributed by atoms with van der Waals surface area (Å²) in [6.07, 6.45) is 0. The van der Waals surface area contributed by atoms with Gasteiger partial charge < -0.3 is 9.47 Å². The van der Waals surface area contributed by atoms with Crippen LogP contribution in [0.2, 0.25) is 0 Å². The molecule has 0 heterocycles. The summed E-state index contributed by atoms with van der Waals surface area (Å²) in [6, 6.07) is 16.0. The highest BCUT2D eigenvalue weighted by Crippen LogP contribution is 2.32. The Balaban J connectivity index is 1.90. The molecule has 0 saturated heterocycles. The molecule has 106 valence electrons. The van der Waals surface area contributed by atoms with Crippen molar-refractivity contribution in [2.24, 2.45) is 0 Å². The quantitative estimate of drug-likeness (QED) is 0.423. The first-order valence-corrected chi connectivity index (χ1v) is 7.89. The average Bonchev–Trinajstić information content (AvgIpc) is 2.52. The fourth-order valence-electron chi connectivity index (χ4n) is 1.81. The standard InChI is InChI=1S/C16H17ClO2S/c1-18-15-9-5-6-13(12-17)16(15)19-10-11-20-14-7-3-2-4-8-14/h2-9H,10-12H2,1H3. The Morgan fingerprint density at radius 3 is 2.55 bits per heavy atom. The molecule has 0 aliphatic heterocycles. The summed E-state index contributed by atoms with van der Waals surface area (Å²) in [6.45, 7) is 0.615. The van der Waals surface area contributed by atoms with Crippen LogP contribution in [-0.4, -0.2) is 19.5 Å². The number of alkyl halides is 1. The molecule has 0 spiro atoms. The van der Waals surface area contributed by atoms with E-state index in [1.165, 1.54) is 4.90 Å². The lowest BCUT2D eigenvalue weighted by atomic mass is 10.2. The van der Waals surface area contributed by atoms with Crippen LogP contribution in [0.25, 0.3) is 0 Å². The number of thioether (sulfide) groups is 1. The summed E-state index contributed by atoms with van der Waals surface area (Å²) in [4.78, 5) is 1.24. The van der Waals surface area contributed by atoms with Gasteiger partial charge in [-0.25, -0.2) is 0 Å². The third kappa shape index (κ3) is 4.09. The van der Waals surface area contributed by atoms with Crippen molar-refractivity contribution in [3.8, 4) is 11.5 Å². The van der Waals surface area contributed by atoms with Crippen LogP contribution in [0.5, 0.6) is 11.5 Å². The summed E-state index contributed by atoms with van der Waals surface area (Å²) < 4.78 is 11.2. The van der Waals surface area contributed by atoms with Gasteiger partial charge in [0.2, 0.25) is 0 Å². The number of para-hydroxylation sites is 1. The first kappa shape index (κ1) is 15.1. The molecule has 0 aromatic heterocycles. The van der Waals surface area contributed by atoms with Gasteiger partial charge in [0.15, 0.2) is 11.5 Å². The van der Waals surface area contributed by atoms with Gasteiger partial charge in [-0.2, -0.15) is 0 Å². The van der Waals surface area contributed by atoms with Gasteiger partial charge in [-0.05, 0) is 18.2 Å². The van der Waals surface area contributed by atoms with E-state index in [1.54, 1.807) is 18.9 Å². The first-order chi connectivity index (χ1) is 9.85. The predicted molar refractivity (Wildman–Crippen MR) is 85.2 cm³/mol. The Labute approximate surface area is 129 Å². The van der Waals surface area contributed by atoms with E-state index in [4.69, 9.17) is 21.1 Å². The van der Waals surface area contributed by atoms with E-state index in [-0.39, 0.29) is 0 Å². The smallest absolute Gasteiger partial charge is 0.165 e. The van der Waals surface area contributed by atoms with Crippen LogP contribution in [0.3, 0.4) is 0 Å². The topological polar surface area (TPSA) is 18.5 Å². The van der Waals surface area contributed by atoms with Crippen LogP contribution < -0.4 is 9.47 Å². The number of benzene rings is 2. The van der Waals surface area contributed by atoms with Gasteiger partial charge in [0.1, 0.15) is 0 Å². The summed E-state index contributed by atoms with van der Waals surface area (Å²) >= 11 is 7.70. The van der Waals surface area contributed by atoms with Crippen molar-refractivity contribution in [3.63, 3.8) is 0 Å². The molecular weight excluding hydrogens is 292 g/mol. The summed E-state index contributed by atoms with van der Waals surface area (Å²) in [5.41, 5.74) is 0.954. The summed E-state index contributed by atoms with van der Waals surface area (Å²) in [7, 11) is 1.64. The molecule has 0 saturated carbocycles. The average molecular weight is 309 g/mol. The van der Waals surface area contributed by atoms with Crippen molar-refractivity contribution in [3.05, 3.63) is 54.1 Å². The van der Waals surface area contributed by atoms with Crippen LogP contribution in [0, 0.1) is 0 Å². The fourth-order valence-corrected chi connectivity index (χ4v) is 2.77. The number of methoxy groups -OCH3 is 1. The SMILES string of the molecule is COc1cccc(CCl)c1OCCSc1ccccc1. The molecule has 0 amide bonds. The molecule has 0 aliphatic rings. The fraction of sp³-hybridized carbons (Fsp3) is 0.250. The first-order valence-electron chi connectivity index (χ1n) is 6.37. The number of hydrogen-bond donors (Lipinski definition) is 0. The van der Waals surface area contributed by atoms with Gasteiger partial charge in [0, 0.05) is 16.2 Å². The molecule has 0 unspecified atom stereocenters. The molecule has 0 fully saturated rings. The maximum absolute atomic E-state index is 5.93. The highest BCUT2D eigenvalue weighted by molar-refractivity contribution is 7.99. The Kier molecular flexibility index (Phi) is 6.09. The number of ether oxygens (including phenoxy) is 2. The van der Waals surface area contributed by atoms with Gasteiger partial charge in [-0.3, -0.25) is 0 Å². The van der Waals surface area contributed by atoms with E-state index in [9.17, 15) is 0 Å². The molecule has 2 nitrogen and oxygen atoms in total. The van der Waals surface area contributed by atoms with E-state index in [0.29, 0.717) is 12.5 Å². The van der Waals surface area contributed by atoms with Crippen LogP contribution in [0.1, 0.15) is 5.56 Å². The second kappa shape index (κ2) is 8.08. The van der Waals surface area contributed by atoms with Gasteiger partial charge in [-0.15, -0.1) is 23.4 Å². The van der Waals surface area contributed by atoms with Crippen LogP contribution in [0.15, 0.2) is 53.4 Å². The molecule has 0 N–H and O–H groups in total. The van der Waals surface area contributed by atoms with Gasteiger partial charge in [-0.1, -0.05) is 30.3 Å². The van der Waals surface area contributed by atoms with Crippen LogP contribution >= 0.6 is 23.4 Å². The lowest BCUT2D eigenvalue weighted by Crippen LogP contribution is -2.03. The Hall–Kier alpha value is -1.32. The second-order valence-corrected chi connectivity index (χ2v) is 5.53.